The van der Waals surface area contributed by atoms with Crippen molar-refractivity contribution in [2.45, 2.75) is 13.0 Å². The molecule has 0 radical (unpaired) electrons. The van der Waals surface area contributed by atoms with E-state index in [1.807, 2.05) is 35.2 Å². The molecule has 2 aromatic rings. The van der Waals surface area contributed by atoms with Crippen LogP contribution in [0.4, 0.5) is 5.69 Å². The van der Waals surface area contributed by atoms with Crippen LogP contribution in [0.1, 0.15) is 6.92 Å². The van der Waals surface area contributed by atoms with E-state index in [4.69, 9.17) is 16.3 Å². The molecule has 0 bridgehead atoms. The molecule has 3 rings (SSSR count). The maximum Gasteiger partial charge on any atom is 0.263 e. The van der Waals surface area contributed by atoms with Crippen LogP contribution >= 0.6 is 11.6 Å². The van der Waals surface area contributed by atoms with Crippen LogP contribution in [-0.4, -0.2) is 60.4 Å². The van der Waals surface area contributed by atoms with Gasteiger partial charge in [0.25, 0.3) is 5.91 Å². The van der Waals surface area contributed by atoms with Gasteiger partial charge in [-0.05, 0) is 37.3 Å². The second-order valence-corrected chi connectivity index (χ2v) is 7.17. The highest BCUT2D eigenvalue weighted by Crippen LogP contribution is 2.19. The first-order valence-electron chi connectivity index (χ1n) is 9.29. The summed E-state index contributed by atoms with van der Waals surface area (Å²) in [7, 11) is 0. The van der Waals surface area contributed by atoms with Gasteiger partial charge < -0.3 is 15.0 Å². The number of nitrogens with zero attached hydrogens (tertiary/aromatic N) is 2. The molecule has 1 atom stereocenters. The minimum absolute atomic E-state index is 0.0522. The predicted molar refractivity (Wildman–Crippen MR) is 110 cm³/mol. The van der Waals surface area contributed by atoms with E-state index in [9.17, 15) is 9.59 Å². The number of anilines is 1. The van der Waals surface area contributed by atoms with Crippen molar-refractivity contribution in [3.05, 3.63) is 59.6 Å². The SMILES string of the molecule is CC(Oc1cccc(Cl)c1)C(=O)N1CCN(CC(=O)Nc2ccccc2)CC1. The zero-order chi connectivity index (χ0) is 19.9. The number of amides is 2. The van der Waals surface area contributed by atoms with Gasteiger partial charge in [0.2, 0.25) is 5.91 Å². The van der Waals surface area contributed by atoms with Crippen LogP contribution in [0.2, 0.25) is 5.02 Å². The van der Waals surface area contributed by atoms with E-state index in [2.05, 4.69) is 5.32 Å². The number of nitrogens with one attached hydrogen (secondary N) is 1. The molecule has 148 valence electrons. The first-order valence-corrected chi connectivity index (χ1v) is 9.67. The summed E-state index contributed by atoms with van der Waals surface area (Å²) >= 11 is 5.95. The second kappa shape index (κ2) is 9.57. The molecular formula is C21H24ClN3O3. The van der Waals surface area contributed by atoms with Crippen LogP contribution in [0.5, 0.6) is 5.75 Å². The minimum Gasteiger partial charge on any atom is -0.481 e. The number of carbonyl (C=O) groups is 2. The molecule has 2 amide bonds. The molecule has 0 saturated carbocycles. The Bertz CT molecular complexity index is 808. The van der Waals surface area contributed by atoms with E-state index in [-0.39, 0.29) is 11.8 Å². The molecule has 1 aliphatic rings. The van der Waals surface area contributed by atoms with Crippen LogP contribution in [0, 0.1) is 0 Å². The molecule has 1 aliphatic heterocycles. The maximum atomic E-state index is 12.6. The average Bonchev–Trinajstić information content (AvgIpc) is 2.68. The number of hydrogen-bond donors (Lipinski definition) is 1. The molecule has 1 unspecified atom stereocenters. The summed E-state index contributed by atoms with van der Waals surface area (Å²) < 4.78 is 5.71. The summed E-state index contributed by atoms with van der Waals surface area (Å²) in [6.45, 7) is 4.49. The van der Waals surface area contributed by atoms with Gasteiger partial charge in [-0.2, -0.15) is 0 Å². The predicted octanol–water partition coefficient (Wildman–Crippen LogP) is 2.89. The van der Waals surface area contributed by atoms with Crippen LogP contribution in [0.25, 0.3) is 0 Å². The van der Waals surface area contributed by atoms with E-state index in [1.54, 1.807) is 36.1 Å². The first kappa shape index (κ1) is 20.2. The van der Waals surface area contributed by atoms with Gasteiger partial charge in [0.15, 0.2) is 6.10 Å². The fourth-order valence-corrected chi connectivity index (χ4v) is 3.28. The van der Waals surface area contributed by atoms with Crippen molar-refractivity contribution >= 4 is 29.1 Å². The lowest BCUT2D eigenvalue weighted by atomic mass is 10.2. The number of carbonyl (C=O) groups excluding carboxylic acids is 2. The normalized spacial score (nSPS) is 15.7. The van der Waals surface area contributed by atoms with Crippen molar-refractivity contribution in [2.75, 3.05) is 38.0 Å². The van der Waals surface area contributed by atoms with Gasteiger partial charge in [0.1, 0.15) is 5.75 Å². The summed E-state index contributed by atoms with van der Waals surface area (Å²) in [5.41, 5.74) is 0.785. The van der Waals surface area contributed by atoms with E-state index in [0.717, 1.165) is 5.69 Å². The van der Waals surface area contributed by atoms with E-state index in [0.29, 0.717) is 43.5 Å². The maximum absolute atomic E-state index is 12.6. The Morgan fingerprint density at radius 2 is 1.79 bits per heavy atom. The monoisotopic (exact) mass is 401 g/mol. The fraction of sp³-hybridized carbons (Fsp3) is 0.333. The van der Waals surface area contributed by atoms with Gasteiger partial charge in [0, 0.05) is 36.9 Å². The number of rotatable bonds is 6. The number of para-hydroxylation sites is 1. The smallest absolute Gasteiger partial charge is 0.263 e. The highest BCUT2D eigenvalue weighted by molar-refractivity contribution is 6.30. The number of ether oxygens (including phenoxy) is 1. The van der Waals surface area contributed by atoms with Crippen LogP contribution < -0.4 is 10.1 Å². The molecule has 1 N–H and O–H groups in total. The lowest BCUT2D eigenvalue weighted by Crippen LogP contribution is -2.53. The molecule has 1 heterocycles. The van der Waals surface area contributed by atoms with Crippen molar-refractivity contribution in [3.63, 3.8) is 0 Å². The van der Waals surface area contributed by atoms with Crippen molar-refractivity contribution in [3.8, 4) is 5.75 Å². The summed E-state index contributed by atoms with van der Waals surface area (Å²) in [5.74, 6) is 0.460. The highest BCUT2D eigenvalue weighted by Gasteiger charge is 2.26. The van der Waals surface area contributed by atoms with Crippen LogP contribution in [-0.2, 0) is 9.59 Å². The van der Waals surface area contributed by atoms with Crippen LogP contribution in [0.15, 0.2) is 54.6 Å². The molecule has 0 spiro atoms. The molecular weight excluding hydrogens is 378 g/mol. The lowest BCUT2D eigenvalue weighted by Gasteiger charge is -2.35. The van der Waals surface area contributed by atoms with Gasteiger partial charge in [-0.25, -0.2) is 0 Å². The minimum atomic E-state index is -0.591. The van der Waals surface area contributed by atoms with Crippen molar-refractivity contribution in [2.24, 2.45) is 0 Å². The lowest BCUT2D eigenvalue weighted by molar-refractivity contribution is -0.139. The van der Waals surface area contributed by atoms with Gasteiger partial charge in [0.05, 0.1) is 6.54 Å². The van der Waals surface area contributed by atoms with Crippen molar-refractivity contribution in [1.82, 2.24) is 9.80 Å². The third kappa shape index (κ3) is 5.71. The standard InChI is InChI=1S/C21H24ClN3O3/c1-16(28-19-9-5-6-17(22)14-19)21(27)25-12-10-24(11-13-25)15-20(26)23-18-7-3-2-4-8-18/h2-9,14,16H,10-13,15H2,1H3,(H,23,26). The summed E-state index contributed by atoms with van der Waals surface area (Å²) in [6.07, 6.45) is -0.591. The molecule has 1 fully saturated rings. The Morgan fingerprint density at radius 3 is 2.46 bits per heavy atom. The highest BCUT2D eigenvalue weighted by atomic mass is 35.5. The van der Waals surface area contributed by atoms with Crippen molar-refractivity contribution in [1.29, 1.82) is 0 Å². The molecule has 0 aliphatic carbocycles. The Balaban J connectivity index is 1.44. The van der Waals surface area contributed by atoms with E-state index < -0.39 is 6.10 Å². The average molecular weight is 402 g/mol. The fourth-order valence-electron chi connectivity index (χ4n) is 3.10. The Labute approximate surface area is 170 Å². The van der Waals surface area contributed by atoms with Crippen LogP contribution in [0.3, 0.4) is 0 Å². The van der Waals surface area contributed by atoms with Gasteiger partial charge in [-0.1, -0.05) is 35.9 Å². The third-order valence-corrected chi connectivity index (χ3v) is 4.80. The topological polar surface area (TPSA) is 61.9 Å². The molecule has 1 saturated heterocycles. The second-order valence-electron chi connectivity index (χ2n) is 6.73. The number of benzene rings is 2. The number of halogens is 1. The Hall–Kier alpha value is -2.57. The van der Waals surface area contributed by atoms with Gasteiger partial charge >= 0.3 is 0 Å². The summed E-state index contributed by atoms with van der Waals surface area (Å²) in [4.78, 5) is 28.6. The third-order valence-electron chi connectivity index (χ3n) is 4.57. The van der Waals surface area contributed by atoms with Gasteiger partial charge in [-0.3, -0.25) is 14.5 Å². The van der Waals surface area contributed by atoms with E-state index >= 15 is 0 Å². The summed E-state index contributed by atoms with van der Waals surface area (Å²) in [6, 6.07) is 16.4. The van der Waals surface area contributed by atoms with Crippen molar-refractivity contribution < 1.29 is 14.3 Å². The number of hydrogen-bond acceptors (Lipinski definition) is 4. The first-order chi connectivity index (χ1) is 13.5. The molecule has 7 heteroatoms. The quantitative estimate of drug-likeness (QED) is 0.808. The zero-order valence-electron chi connectivity index (χ0n) is 15.8. The molecule has 2 aromatic carbocycles. The number of piperazine rings is 1. The molecule has 28 heavy (non-hydrogen) atoms. The summed E-state index contributed by atoms with van der Waals surface area (Å²) in [5, 5.41) is 3.45. The Morgan fingerprint density at radius 1 is 1.07 bits per heavy atom. The molecule has 0 aromatic heterocycles. The van der Waals surface area contributed by atoms with Gasteiger partial charge in [-0.15, -0.1) is 0 Å². The molecule has 6 nitrogen and oxygen atoms in total. The van der Waals surface area contributed by atoms with E-state index in [1.165, 1.54) is 0 Å². The Kier molecular flexibility index (Phi) is 6.90. The largest absolute Gasteiger partial charge is 0.481 e. The zero-order valence-corrected chi connectivity index (χ0v) is 16.6.